The average molecular weight is 520 g/mol. The summed E-state index contributed by atoms with van der Waals surface area (Å²) in [5.41, 5.74) is 1.09. The normalized spacial score (nSPS) is 11.7. The van der Waals surface area contributed by atoms with Crippen LogP contribution in [-0.4, -0.2) is 15.2 Å². The van der Waals surface area contributed by atoms with Crippen molar-refractivity contribution in [1.82, 2.24) is 4.98 Å². The van der Waals surface area contributed by atoms with E-state index in [0.29, 0.717) is 29.1 Å². The molecule has 3 heterocycles. The van der Waals surface area contributed by atoms with Crippen molar-refractivity contribution in [2.24, 2.45) is 0 Å². The fourth-order valence-corrected chi connectivity index (χ4v) is 5.13. The molecule has 0 saturated heterocycles. The Morgan fingerprint density at radius 1 is 0.718 bits per heavy atom. The molecule has 0 aliphatic rings. The minimum atomic E-state index is -1.27. The van der Waals surface area contributed by atoms with E-state index >= 15 is 0 Å². The summed E-state index contributed by atoms with van der Waals surface area (Å²) in [6.45, 7) is 3.95. The predicted octanol–water partition coefficient (Wildman–Crippen LogP) is 6.16. The molecule has 7 heteroatoms. The van der Waals surface area contributed by atoms with Crippen molar-refractivity contribution in [2.75, 3.05) is 0 Å². The standard InChI is InChI=1S/C32H25NO6/c1-3-17-9-13-24-20(15-17)29(34)27(31(36)38-24)26(23-12-11-19-7-5-6-8-22(19)33-23)28-30(35)21-16-18(4-2)10-14-25(21)39-32(28)37/h5-16,26,34-35H,3-4H2,1-2H3. The molecule has 0 fully saturated rings. The SMILES string of the molecule is CCc1ccc2oc(=O)c(C(c3ccc4ccccc4n3)c3c(O)c4cc(CC)ccc4oc3=O)c(O)c2c1. The van der Waals surface area contributed by atoms with Crippen molar-refractivity contribution < 1.29 is 19.0 Å². The van der Waals surface area contributed by atoms with Crippen LogP contribution >= 0.6 is 0 Å². The molecule has 0 radical (unpaired) electrons. The first-order valence-corrected chi connectivity index (χ1v) is 12.8. The molecular formula is C32H25NO6. The number of benzene rings is 3. The number of rotatable bonds is 5. The van der Waals surface area contributed by atoms with Crippen molar-refractivity contribution in [1.29, 1.82) is 0 Å². The summed E-state index contributed by atoms with van der Waals surface area (Å²) in [6, 6.07) is 21.3. The number of nitrogens with zero attached hydrogens (tertiary/aromatic N) is 1. The Morgan fingerprint density at radius 3 is 1.79 bits per heavy atom. The van der Waals surface area contributed by atoms with Crippen LogP contribution < -0.4 is 11.3 Å². The molecule has 0 bridgehead atoms. The van der Waals surface area contributed by atoms with E-state index in [0.717, 1.165) is 16.5 Å². The third-order valence-corrected chi connectivity index (χ3v) is 7.26. The maximum atomic E-state index is 13.5. The highest BCUT2D eigenvalue weighted by Gasteiger charge is 2.33. The number of aromatic nitrogens is 1. The van der Waals surface area contributed by atoms with Crippen LogP contribution in [-0.2, 0) is 12.8 Å². The minimum absolute atomic E-state index is 0.202. The zero-order chi connectivity index (χ0) is 27.3. The first kappa shape index (κ1) is 24.4. The van der Waals surface area contributed by atoms with Gasteiger partial charge < -0.3 is 19.0 Å². The Morgan fingerprint density at radius 2 is 1.26 bits per heavy atom. The number of pyridine rings is 1. The molecule has 0 aliphatic heterocycles. The van der Waals surface area contributed by atoms with Gasteiger partial charge in [-0.3, -0.25) is 4.98 Å². The van der Waals surface area contributed by atoms with E-state index in [9.17, 15) is 19.8 Å². The molecule has 3 aromatic carbocycles. The van der Waals surface area contributed by atoms with Gasteiger partial charge in [0.2, 0.25) is 0 Å². The second kappa shape index (κ2) is 9.44. The van der Waals surface area contributed by atoms with Gasteiger partial charge in [-0.2, -0.15) is 0 Å². The number of para-hydroxylation sites is 1. The molecule has 0 unspecified atom stereocenters. The van der Waals surface area contributed by atoms with Gasteiger partial charge >= 0.3 is 11.3 Å². The molecule has 2 N–H and O–H groups in total. The number of hydrogen-bond donors (Lipinski definition) is 2. The summed E-state index contributed by atoms with van der Waals surface area (Å²) in [5, 5.41) is 24.6. The summed E-state index contributed by atoms with van der Waals surface area (Å²) < 4.78 is 11.3. The van der Waals surface area contributed by atoms with E-state index in [1.54, 1.807) is 30.3 Å². The molecule has 3 aromatic heterocycles. The van der Waals surface area contributed by atoms with E-state index in [2.05, 4.69) is 0 Å². The maximum absolute atomic E-state index is 13.5. The predicted molar refractivity (Wildman–Crippen MR) is 150 cm³/mol. The van der Waals surface area contributed by atoms with Crippen molar-refractivity contribution in [3.8, 4) is 11.5 Å². The molecular weight excluding hydrogens is 494 g/mol. The van der Waals surface area contributed by atoms with Crippen molar-refractivity contribution in [3.63, 3.8) is 0 Å². The van der Waals surface area contributed by atoms with Gasteiger partial charge in [0.05, 0.1) is 39.0 Å². The van der Waals surface area contributed by atoms with Crippen LogP contribution in [0.25, 0.3) is 32.8 Å². The Labute approximate surface area is 222 Å². The average Bonchev–Trinajstić information content (AvgIpc) is 2.95. The number of aromatic hydroxyl groups is 2. The summed E-state index contributed by atoms with van der Waals surface area (Å²) in [4.78, 5) is 31.7. The summed E-state index contributed by atoms with van der Waals surface area (Å²) in [5.74, 6) is -1.94. The Hall–Kier alpha value is -4.91. The summed E-state index contributed by atoms with van der Waals surface area (Å²) in [6.07, 6.45) is 1.41. The highest BCUT2D eigenvalue weighted by atomic mass is 16.4. The molecule has 0 amide bonds. The quantitative estimate of drug-likeness (QED) is 0.262. The second-order valence-electron chi connectivity index (χ2n) is 9.53. The second-order valence-corrected chi connectivity index (χ2v) is 9.53. The largest absolute Gasteiger partial charge is 0.507 e. The number of hydrogen-bond acceptors (Lipinski definition) is 7. The lowest BCUT2D eigenvalue weighted by Gasteiger charge is -2.19. The first-order chi connectivity index (χ1) is 18.9. The molecule has 0 spiro atoms. The lowest BCUT2D eigenvalue weighted by atomic mass is 9.87. The molecule has 7 nitrogen and oxygen atoms in total. The topological polar surface area (TPSA) is 114 Å². The molecule has 6 rings (SSSR count). The Bertz CT molecular complexity index is 1910. The third-order valence-electron chi connectivity index (χ3n) is 7.26. The van der Waals surface area contributed by atoms with E-state index in [4.69, 9.17) is 13.8 Å². The van der Waals surface area contributed by atoms with Crippen molar-refractivity contribution >= 4 is 32.8 Å². The third kappa shape index (κ3) is 4.03. The first-order valence-electron chi connectivity index (χ1n) is 12.8. The van der Waals surface area contributed by atoms with Gasteiger partial charge in [0, 0.05) is 5.39 Å². The van der Waals surface area contributed by atoms with Gasteiger partial charge in [-0.1, -0.05) is 50.2 Å². The van der Waals surface area contributed by atoms with Gasteiger partial charge in [0.25, 0.3) is 0 Å². The molecule has 39 heavy (non-hydrogen) atoms. The zero-order valence-corrected chi connectivity index (χ0v) is 21.4. The van der Waals surface area contributed by atoms with E-state index in [1.807, 2.05) is 56.3 Å². The van der Waals surface area contributed by atoms with Crippen molar-refractivity contribution in [3.05, 3.63) is 122 Å². The minimum Gasteiger partial charge on any atom is -0.507 e. The molecule has 0 atom stereocenters. The maximum Gasteiger partial charge on any atom is 0.344 e. The van der Waals surface area contributed by atoms with Crippen LogP contribution in [0.4, 0.5) is 0 Å². The van der Waals surface area contributed by atoms with Gasteiger partial charge in [0.1, 0.15) is 22.7 Å². The smallest absolute Gasteiger partial charge is 0.344 e. The number of fused-ring (bicyclic) bond motifs is 3. The highest BCUT2D eigenvalue weighted by molar-refractivity contribution is 5.88. The highest BCUT2D eigenvalue weighted by Crippen LogP contribution is 2.42. The van der Waals surface area contributed by atoms with Crippen LogP contribution in [0.1, 0.15) is 47.7 Å². The van der Waals surface area contributed by atoms with Crippen LogP contribution in [0.5, 0.6) is 11.5 Å². The lowest BCUT2D eigenvalue weighted by Crippen LogP contribution is -2.22. The van der Waals surface area contributed by atoms with Crippen LogP contribution in [0.3, 0.4) is 0 Å². The molecule has 6 aromatic rings. The van der Waals surface area contributed by atoms with Crippen molar-refractivity contribution in [2.45, 2.75) is 32.6 Å². The van der Waals surface area contributed by atoms with Gasteiger partial charge in [0.15, 0.2) is 0 Å². The van der Waals surface area contributed by atoms with Gasteiger partial charge in [-0.05, 0) is 60.4 Å². The number of aryl methyl sites for hydroxylation is 2. The molecule has 194 valence electrons. The zero-order valence-electron chi connectivity index (χ0n) is 21.4. The monoisotopic (exact) mass is 519 g/mol. The summed E-state index contributed by atoms with van der Waals surface area (Å²) in [7, 11) is 0. The van der Waals surface area contributed by atoms with Crippen LogP contribution in [0, 0.1) is 0 Å². The van der Waals surface area contributed by atoms with Gasteiger partial charge in [-0.25, -0.2) is 9.59 Å². The fraction of sp³-hybridized carbons (Fsp3) is 0.156. The van der Waals surface area contributed by atoms with Gasteiger partial charge in [-0.15, -0.1) is 0 Å². The Kier molecular flexibility index (Phi) is 5.91. The van der Waals surface area contributed by atoms with Crippen LogP contribution in [0.2, 0.25) is 0 Å². The molecule has 0 aliphatic carbocycles. The Balaban J connectivity index is 1.73. The molecule has 0 saturated carbocycles. The summed E-state index contributed by atoms with van der Waals surface area (Å²) >= 11 is 0. The lowest BCUT2D eigenvalue weighted by molar-refractivity contribution is 0.440. The van der Waals surface area contributed by atoms with Crippen LogP contribution in [0.15, 0.2) is 91.2 Å². The van der Waals surface area contributed by atoms with E-state index < -0.39 is 17.2 Å². The van der Waals surface area contributed by atoms with E-state index in [-0.39, 0.29) is 39.5 Å². The fourth-order valence-electron chi connectivity index (χ4n) is 5.13. The van der Waals surface area contributed by atoms with E-state index in [1.165, 1.54) is 0 Å².